The number of aromatic nitrogens is 3. The molecule has 0 radical (unpaired) electrons. The molecule has 0 aliphatic heterocycles. The van der Waals surface area contributed by atoms with E-state index in [1.807, 2.05) is 12.1 Å². The van der Waals surface area contributed by atoms with Gasteiger partial charge in [-0.2, -0.15) is 0 Å². The Morgan fingerprint density at radius 1 is 1.30 bits per heavy atom. The van der Waals surface area contributed by atoms with Gasteiger partial charge in [-0.25, -0.2) is 8.78 Å². The topological polar surface area (TPSA) is 59.3 Å². The minimum Gasteiger partial charge on any atom is -0.322 e. The second-order valence-corrected chi connectivity index (χ2v) is 6.29. The van der Waals surface area contributed by atoms with E-state index in [4.69, 9.17) is 0 Å². The fourth-order valence-corrected chi connectivity index (χ4v) is 3.12. The molecule has 9 heteroatoms. The van der Waals surface area contributed by atoms with Crippen molar-refractivity contribution in [2.75, 3.05) is 11.1 Å². The Morgan fingerprint density at radius 3 is 2.91 bits per heavy atom. The molecule has 23 heavy (non-hydrogen) atoms. The van der Waals surface area contributed by atoms with Crippen LogP contribution in [-0.2, 0) is 4.79 Å². The zero-order valence-electron chi connectivity index (χ0n) is 11.5. The van der Waals surface area contributed by atoms with E-state index in [2.05, 4.69) is 31.4 Å². The molecule has 3 aromatic rings. The van der Waals surface area contributed by atoms with Crippen molar-refractivity contribution in [3.8, 4) is 0 Å². The first-order valence-corrected chi connectivity index (χ1v) is 8.19. The van der Waals surface area contributed by atoms with Crippen LogP contribution in [-0.4, -0.2) is 26.3 Å². The van der Waals surface area contributed by atoms with Gasteiger partial charge in [0, 0.05) is 16.7 Å². The number of carbonyl (C=O) groups is 1. The summed E-state index contributed by atoms with van der Waals surface area (Å²) in [6, 6.07) is 7.24. The molecule has 0 aliphatic carbocycles. The zero-order chi connectivity index (χ0) is 16.4. The molecule has 0 aliphatic rings. The summed E-state index contributed by atoms with van der Waals surface area (Å²) >= 11 is 4.19. The van der Waals surface area contributed by atoms with E-state index < -0.39 is 17.5 Å². The number of carbonyl (C=O) groups excluding carboxylic acids is 1. The Kier molecular flexibility index (Phi) is 4.58. The summed E-state index contributed by atoms with van der Waals surface area (Å²) in [4.78, 5) is 12.0. The Labute approximate surface area is 142 Å². The number of benzene rings is 1. The van der Waals surface area contributed by atoms with Crippen molar-refractivity contribution in [2.45, 2.75) is 5.16 Å². The molecule has 3 rings (SSSR count). The molecule has 0 bridgehead atoms. The molecule has 1 N–H and O–H groups in total. The number of anilines is 1. The Morgan fingerprint density at radius 2 is 2.13 bits per heavy atom. The minimum atomic E-state index is -0.844. The molecule has 0 fully saturated rings. The Hall–Kier alpha value is -2.00. The number of amides is 1. The average Bonchev–Trinajstić information content (AvgIpc) is 2.92. The number of pyridine rings is 1. The number of hydrogen-bond donors (Lipinski definition) is 1. The predicted octanol–water partition coefficient (Wildman–Crippen LogP) is 3.50. The van der Waals surface area contributed by atoms with Gasteiger partial charge in [-0.15, -0.1) is 10.2 Å². The van der Waals surface area contributed by atoms with Gasteiger partial charge in [0.1, 0.15) is 5.82 Å². The smallest absolute Gasteiger partial charge is 0.234 e. The van der Waals surface area contributed by atoms with Crippen LogP contribution < -0.4 is 5.32 Å². The minimum absolute atomic E-state index is 0.0128. The largest absolute Gasteiger partial charge is 0.322 e. The first kappa shape index (κ1) is 15.9. The number of nitrogens with zero attached hydrogens (tertiary/aromatic N) is 3. The van der Waals surface area contributed by atoms with Gasteiger partial charge in [-0.3, -0.25) is 9.20 Å². The molecule has 0 saturated carbocycles. The van der Waals surface area contributed by atoms with Crippen LogP contribution in [0.5, 0.6) is 0 Å². The van der Waals surface area contributed by atoms with Crippen LogP contribution in [0.25, 0.3) is 5.65 Å². The molecule has 1 aromatic carbocycles. The standard InChI is InChI=1S/C14H9BrF2N4OS/c15-9-5-8(16)6-10(17)13(9)18-12(22)7-23-14-20-19-11-3-1-2-4-21(11)14/h1-6H,7H2,(H,18,22). The van der Waals surface area contributed by atoms with Crippen molar-refractivity contribution in [3.05, 3.63) is 52.6 Å². The summed E-state index contributed by atoms with van der Waals surface area (Å²) in [7, 11) is 0. The molecule has 2 aromatic heterocycles. The maximum absolute atomic E-state index is 13.7. The van der Waals surface area contributed by atoms with Crippen molar-refractivity contribution in [2.24, 2.45) is 0 Å². The third kappa shape index (κ3) is 3.50. The second-order valence-electron chi connectivity index (χ2n) is 4.49. The highest BCUT2D eigenvalue weighted by molar-refractivity contribution is 9.10. The van der Waals surface area contributed by atoms with Gasteiger partial charge >= 0.3 is 0 Å². The fourth-order valence-electron chi connectivity index (χ4n) is 1.89. The van der Waals surface area contributed by atoms with Crippen molar-refractivity contribution in [1.82, 2.24) is 14.6 Å². The summed E-state index contributed by atoms with van der Waals surface area (Å²) in [6.07, 6.45) is 1.78. The van der Waals surface area contributed by atoms with Crippen LogP contribution in [0.15, 0.2) is 46.2 Å². The van der Waals surface area contributed by atoms with Gasteiger partial charge in [-0.1, -0.05) is 17.8 Å². The summed E-state index contributed by atoms with van der Waals surface area (Å²) in [5, 5.41) is 10.9. The van der Waals surface area contributed by atoms with E-state index in [0.717, 1.165) is 17.8 Å². The molecule has 0 spiro atoms. The molecule has 0 saturated heterocycles. The molecule has 1 amide bonds. The molecule has 0 atom stereocenters. The first-order chi connectivity index (χ1) is 11.0. The SMILES string of the molecule is O=C(CSc1nnc2ccccn12)Nc1c(F)cc(F)cc1Br. The molecular weight excluding hydrogens is 390 g/mol. The summed E-state index contributed by atoms with van der Waals surface area (Å²) in [5.41, 5.74) is 0.575. The number of rotatable bonds is 4. The molecule has 0 unspecified atom stereocenters. The van der Waals surface area contributed by atoms with Crippen molar-refractivity contribution < 1.29 is 13.6 Å². The van der Waals surface area contributed by atoms with Crippen LogP contribution in [0.4, 0.5) is 14.5 Å². The third-order valence-corrected chi connectivity index (χ3v) is 4.45. The maximum Gasteiger partial charge on any atom is 0.234 e. The van der Waals surface area contributed by atoms with E-state index in [1.165, 1.54) is 0 Å². The van der Waals surface area contributed by atoms with Gasteiger partial charge in [0.15, 0.2) is 16.6 Å². The number of halogens is 3. The van der Waals surface area contributed by atoms with Crippen LogP contribution >= 0.6 is 27.7 Å². The normalized spacial score (nSPS) is 10.9. The lowest BCUT2D eigenvalue weighted by Crippen LogP contribution is -2.16. The Balaban J connectivity index is 1.69. The van der Waals surface area contributed by atoms with Crippen LogP contribution in [0.2, 0.25) is 0 Å². The highest BCUT2D eigenvalue weighted by atomic mass is 79.9. The van der Waals surface area contributed by atoms with Gasteiger partial charge in [-0.05, 0) is 34.1 Å². The van der Waals surface area contributed by atoms with Crippen molar-refractivity contribution in [3.63, 3.8) is 0 Å². The van der Waals surface area contributed by atoms with Gasteiger partial charge in [0.05, 0.1) is 11.4 Å². The molecule has 118 valence electrons. The average molecular weight is 399 g/mol. The van der Waals surface area contributed by atoms with Crippen LogP contribution in [0, 0.1) is 11.6 Å². The molecule has 5 nitrogen and oxygen atoms in total. The predicted molar refractivity (Wildman–Crippen MR) is 86.4 cm³/mol. The van der Waals surface area contributed by atoms with Crippen LogP contribution in [0.3, 0.4) is 0 Å². The number of thioether (sulfide) groups is 1. The zero-order valence-corrected chi connectivity index (χ0v) is 13.9. The lowest BCUT2D eigenvalue weighted by molar-refractivity contribution is -0.113. The third-order valence-electron chi connectivity index (χ3n) is 2.89. The number of nitrogens with one attached hydrogen (secondary N) is 1. The number of fused-ring (bicyclic) bond motifs is 1. The lowest BCUT2D eigenvalue weighted by atomic mass is 10.3. The van der Waals surface area contributed by atoms with E-state index in [0.29, 0.717) is 16.9 Å². The van der Waals surface area contributed by atoms with E-state index in [9.17, 15) is 13.6 Å². The highest BCUT2D eigenvalue weighted by Crippen LogP contribution is 2.27. The highest BCUT2D eigenvalue weighted by Gasteiger charge is 2.14. The lowest BCUT2D eigenvalue weighted by Gasteiger charge is -2.08. The van der Waals surface area contributed by atoms with Gasteiger partial charge in [0.2, 0.25) is 5.91 Å². The van der Waals surface area contributed by atoms with Gasteiger partial charge < -0.3 is 5.32 Å². The molecular formula is C14H9BrF2N4OS. The summed E-state index contributed by atoms with van der Waals surface area (Å²) in [5.74, 6) is -1.99. The monoisotopic (exact) mass is 398 g/mol. The van der Waals surface area contributed by atoms with Crippen molar-refractivity contribution >= 4 is 44.9 Å². The van der Waals surface area contributed by atoms with Crippen molar-refractivity contribution in [1.29, 1.82) is 0 Å². The maximum atomic E-state index is 13.7. The Bertz CT molecular complexity index is 863. The molecule has 2 heterocycles. The van der Waals surface area contributed by atoms with Gasteiger partial charge in [0.25, 0.3) is 0 Å². The fraction of sp³-hybridized carbons (Fsp3) is 0.0714. The second kappa shape index (κ2) is 6.63. The number of hydrogen-bond acceptors (Lipinski definition) is 4. The van der Waals surface area contributed by atoms with Crippen LogP contribution in [0.1, 0.15) is 0 Å². The summed E-state index contributed by atoms with van der Waals surface area (Å²) < 4.78 is 28.6. The summed E-state index contributed by atoms with van der Waals surface area (Å²) in [6.45, 7) is 0. The first-order valence-electron chi connectivity index (χ1n) is 6.41. The van der Waals surface area contributed by atoms with E-state index in [-0.39, 0.29) is 15.9 Å². The van der Waals surface area contributed by atoms with E-state index in [1.54, 1.807) is 16.7 Å². The quantitative estimate of drug-likeness (QED) is 0.683. The van der Waals surface area contributed by atoms with E-state index >= 15 is 0 Å².